The Morgan fingerprint density at radius 1 is 1.42 bits per heavy atom. The van der Waals surface area contributed by atoms with Crippen LogP contribution in [0.5, 0.6) is 5.75 Å². The predicted molar refractivity (Wildman–Crippen MR) is 71.9 cm³/mol. The molecule has 0 unspecified atom stereocenters. The summed E-state index contributed by atoms with van der Waals surface area (Å²) in [4.78, 5) is 12.1. The summed E-state index contributed by atoms with van der Waals surface area (Å²) in [6.45, 7) is 4.73. The Kier molecular flexibility index (Phi) is 3.85. The van der Waals surface area contributed by atoms with Gasteiger partial charge in [0.2, 0.25) is 0 Å². The number of aromatic nitrogens is 2. The highest BCUT2D eigenvalue weighted by Gasteiger charge is 2.13. The molecule has 0 fully saturated rings. The standard InChI is InChI=1S/C14H17N3O2/c1-3-17-12(8-10(2)16-17)14(19)15-9-11-6-4-5-7-13(11)18/h4-8,18H,3,9H2,1-2H3,(H,15,19). The van der Waals surface area contributed by atoms with Crippen molar-refractivity contribution < 1.29 is 9.90 Å². The molecule has 19 heavy (non-hydrogen) atoms. The van der Waals surface area contributed by atoms with Crippen LogP contribution >= 0.6 is 0 Å². The molecule has 0 aliphatic rings. The first-order chi connectivity index (χ1) is 9.11. The molecule has 0 radical (unpaired) electrons. The van der Waals surface area contributed by atoms with Gasteiger partial charge < -0.3 is 10.4 Å². The molecule has 5 nitrogen and oxygen atoms in total. The van der Waals surface area contributed by atoms with Crippen molar-refractivity contribution in [2.24, 2.45) is 0 Å². The number of nitrogens with zero attached hydrogens (tertiary/aromatic N) is 2. The van der Waals surface area contributed by atoms with E-state index < -0.39 is 0 Å². The van der Waals surface area contributed by atoms with Crippen LogP contribution in [0.4, 0.5) is 0 Å². The second-order valence-electron chi connectivity index (χ2n) is 4.30. The topological polar surface area (TPSA) is 67.2 Å². The maximum absolute atomic E-state index is 12.1. The summed E-state index contributed by atoms with van der Waals surface area (Å²) >= 11 is 0. The molecule has 1 aromatic heterocycles. The molecule has 1 heterocycles. The van der Waals surface area contributed by atoms with Crippen molar-refractivity contribution in [2.75, 3.05) is 0 Å². The van der Waals surface area contributed by atoms with Crippen molar-refractivity contribution in [1.29, 1.82) is 0 Å². The number of carbonyl (C=O) groups is 1. The smallest absolute Gasteiger partial charge is 0.269 e. The number of nitrogens with one attached hydrogen (secondary N) is 1. The average molecular weight is 259 g/mol. The van der Waals surface area contributed by atoms with Crippen molar-refractivity contribution in [3.63, 3.8) is 0 Å². The third-order valence-corrected chi connectivity index (χ3v) is 2.87. The Morgan fingerprint density at radius 2 is 2.16 bits per heavy atom. The van der Waals surface area contributed by atoms with E-state index in [1.165, 1.54) is 0 Å². The molecule has 2 aromatic rings. The minimum Gasteiger partial charge on any atom is -0.508 e. The molecule has 5 heteroatoms. The highest BCUT2D eigenvalue weighted by atomic mass is 16.3. The van der Waals surface area contributed by atoms with E-state index in [1.54, 1.807) is 28.9 Å². The first kappa shape index (κ1) is 13.1. The van der Waals surface area contributed by atoms with Gasteiger partial charge in [0.25, 0.3) is 5.91 Å². The lowest BCUT2D eigenvalue weighted by Crippen LogP contribution is -2.25. The van der Waals surface area contributed by atoms with Crippen molar-refractivity contribution in [1.82, 2.24) is 15.1 Å². The summed E-state index contributed by atoms with van der Waals surface area (Å²) < 4.78 is 1.66. The molecular formula is C14H17N3O2. The molecule has 100 valence electrons. The lowest BCUT2D eigenvalue weighted by Gasteiger charge is -2.07. The first-order valence-electron chi connectivity index (χ1n) is 6.21. The van der Waals surface area contributed by atoms with Crippen LogP contribution in [0.1, 0.15) is 28.7 Å². The van der Waals surface area contributed by atoms with Crippen LogP contribution in [0, 0.1) is 6.92 Å². The van der Waals surface area contributed by atoms with Gasteiger partial charge in [-0.2, -0.15) is 5.10 Å². The number of hydrogen-bond acceptors (Lipinski definition) is 3. The number of amides is 1. The zero-order valence-electron chi connectivity index (χ0n) is 11.1. The molecule has 0 saturated heterocycles. The van der Waals surface area contributed by atoms with Crippen LogP contribution in [0.25, 0.3) is 0 Å². The fourth-order valence-electron chi connectivity index (χ4n) is 1.90. The number of benzene rings is 1. The molecule has 0 bridgehead atoms. The van der Waals surface area contributed by atoms with Crippen molar-refractivity contribution in [2.45, 2.75) is 26.9 Å². The van der Waals surface area contributed by atoms with Crippen molar-refractivity contribution in [3.05, 3.63) is 47.3 Å². The minimum absolute atomic E-state index is 0.183. The fourth-order valence-corrected chi connectivity index (χ4v) is 1.90. The molecule has 1 aromatic carbocycles. The number of aryl methyl sites for hydroxylation is 2. The quantitative estimate of drug-likeness (QED) is 0.880. The van der Waals surface area contributed by atoms with Gasteiger partial charge in [0.05, 0.1) is 5.69 Å². The van der Waals surface area contributed by atoms with Crippen LogP contribution in [0.15, 0.2) is 30.3 Å². The zero-order valence-corrected chi connectivity index (χ0v) is 11.1. The van der Waals surface area contributed by atoms with E-state index in [-0.39, 0.29) is 11.7 Å². The molecule has 0 aliphatic heterocycles. The van der Waals surface area contributed by atoms with Crippen LogP contribution < -0.4 is 5.32 Å². The Morgan fingerprint density at radius 3 is 2.84 bits per heavy atom. The number of para-hydroxylation sites is 1. The second kappa shape index (κ2) is 5.56. The van der Waals surface area contributed by atoms with E-state index in [4.69, 9.17) is 0 Å². The number of phenols is 1. The largest absolute Gasteiger partial charge is 0.508 e. The SMILES string of the molecule is CCn1nc(C)cc1C(=O)NCc1ccccc1O. The highest BCUT2D eigenvalue weighted by molar-refractivity contribution is 5.92. The summed E-state index contributed by atoms with van der Waals surface area (Å²) in [7, 11) is 0. The zero-order chi connectivity index (χ0) is 13.8. The number of rotatable bonds is 4. The Hall–Kier alpha value is -2.30. The summed E-state index contributed by atoms with van der Waals surface area (Å²) in [5.74, 6) is -0.00585. The van der Waals surface area contributed by atoms with Crippen LogP contribution in [0.2, 0.25) is 0 Å². The number of phenolic OH excluding ortho intramolecular Hbond substituents is 1. The predicted octanol–water partition coefficient (Wildman–Crippen LogP) is 1.85. The van der Waals surface area contributed by atoms with Gasteiger partial charge in [0, 0.05) is 18.7 Å². The normalized spacial score (nSPS) is 10.4. The Balaban J connectivity index is 2.07. The first-order valence-corrected chi connectivity index (χ1v) is 6.21. The Bertz CT molecular complexity index is 590. The second-order valence-corrected chi connectivity index (χ2v) is 4.30. The lowest BCUT2D eigenvalue weighted by molar-refractivity contribution is 0.0940. The van der Waals surface area contributed by atoms with E-state index in [0.717, 1.165) is 5.69 Å². The van der Waals surface area contributed by atoms with Gasteiger partial charge in [0.1, 0.15) is 11.4 Å². The summed E-state index contributed by atoms with van der Waals surface area (Å²) in [5, 5.41) is 16.6. The summed E-state index contributed by atoms with van der Waals surface area (Å²) in [6.07, 6.45) is 0. The molecule has 2 N–H and O–H groups in total. The van der Waals surface area contributed by atoms with E-state index in [0.29, 0.717) is 24.3 Å². The summed E-state index contributed by atoms with van der Waals surface area (Å²) in [6, 6.07) is 8.70. The Labute approximate surface area is 111 Å². The van der Waals surface area contributed by atoms with E-state index in [1.807, 2.05) is 19.9 Å². The van der Waals surface area contributed by atoms with E-state index >= 15 is 0 Å². The van der Waals surface area contributed by atoms with Crippen molar-refractivity contribution in [3.8, 4) is 5.75 Å². The maximum atomic E-state index is 12.1. The number of carbonyl (C=O) groups excluding carboxylic acids is 1. The van der Waals surface area contributed by atoms with Gasteiger partial charge in [-0.3, -0.25) is 9.48 Å². The van der Waals surface area contributed by atoms with Crippen molar-refractivity contribution >= 4 is 5.91 Å². The van der Waals surface area contributed by atoms with Gasteiger partial charge in [-0.15, -0.1) is 0 Å². The molecule has 0 saturated carbocycles. The molecule has 1 amide bonds. The summed E-state index contributed by atoms with van der Waals surface area (Å²) in [5.41, 5.74) is 2.04. The third kappa shape index (κ3) is 2.93. The highest BCUT2D eigenvalue weighted by Crippen LogP contribution is 2.15. The molecule has 0 aliphatic carbocycles. The van der Waals surface area contributed by atoms with Crippen LogP contribution in [-0.2, 0) is 13.1 Å². The van der Waals surface area contributed by atoms with E-state index in [2.05, 4.69) is 10.4 Å². The van der Waals surface area contributed by atoms with Gasteiger partial charge in [0.15, 0.2) is 0 Å². The number of hydrogen-bond donors (Lipinski definition) is 2. The molecule has 0 atom stereocenters. The van der Waals surface area contributed by atoms with Gasteiger partial charge in [-0.1, -0.05) is 18.2 Å². The van der Waals surface area contributed by atoms with Crippen LogP contribution in [0.3, 0.4) is 0 Å². The third-order valence-electron chi connectivity index (χ3n) is 2.87. The van der Waals surface area contributed by atoms with Crippen LogP contribution in [-0.4, -0.2) is 20.8 Å². The fraction of sp³-hybridized carbons (Fsp3) is 0.286. The molecular weight excluding hydrogens is 242 g/mol. The average Bonchev–Trinajstić information content (AvgIpc) is 2.79. The maximum Gasteiger partial charge on any atom is 0.269 e. The monoisotopic (exact) mass is 259 g/mol. The molecule has 2 rings (SSSR count). The van der Waals surface area contributed by atoms with Gasteiger partial charge >= 0.3 is 0 Å². The lowest BCUT2D eigenvalue weighted by atomic mass is 10.2. The van der Waals surface area contributed by atoms with Gasteiger partial charge in [-0.05, 0) is 26.0 Å². The van der Waals surface area contributed by atoms with E-state index in [9.17, 15) is 9.90 Å². The van der Waals surface area contributed by atoms with Gasteiger partial charge in [-0.25, -0.2) is 0 Å². The molecule has 0 spiro atoms. The minimum atomic E-state index is -0.189. The number of aromatic hydroxyl groups is 1.